The van der Waals surface area contributed by atoms with Gasteiger partial charge in [-0.15, -0.1) is 0 Å². The molecular formula is C28H31N3O3. The highest BCUT2D eigenvalue weighted by molar-refractivity contribution is 5.94. The van der Waals surface area contributed by atoms with Crippen LogP contribution in [0.4, 0.5) is 0 Å². The van der Waals surface area contributed by atoms with E-state index in [4.69, 9.17) is 14.5 Å². The molecule has 3 aromatic carbocycles. The number of imidazole rings is 1. The van der Waals surface area contributed by atoms with Gasteiger partial charge in [0, 0.05) is 18.5 Å². The van der Waals surface area contributed by atoms with Crippen molar-refractivity contribution in [1.82, 2.24) is 14.9 Å². The third-order valence-electron chi connectivity index (χ3n) is 5.92. The average molecular weight is 458 g/mol. The number of aryl methyl sites for hydroxylation is 3. The van der Waals surface area contributed by atoms with Crippen molar-refractivity contribution < 1.29 is 14.3 Å². The lowest BCUT2D eigenvalue weighted by Gasteiger charge is -2.14. The van der Waals surface area contributed by atoms with Crippen LogP contribution in [0, 0.1) is 13.8 Å². The van der Waals surface area contributed by atoms with Gasteiger partial charge in [-0.2, -0.15) is 0 Å². The molecule has 1 N–H and O–H groups in total. The Bertz CT molecular complexity index is 1240. The molecule has 0 aliphatic carbocycles. The Labute approximate surface area is 200 Å². The topological polar surface area (TPSA) is 65.4 Å². The minimum Gasteiger partial charge on any atom is -0.497 e. The Hall–Kier alpha value is -3.80. The number of carbonyl (C=O) groups is 1. The molecule has 0 aliphatic heterocycles. The van der Waals surface area contributed by atoms with Gasteiger partial charge >= 0.3 is 0 Å². The van der Waals surface area contributed by atoms with Crippen LogP contribution < -0.4 is 14.8 Å². The highest BCUT2D eigenvalue weighted by Gasteiger charge is 2.12. The predicted molar refractivity (Wildman–Crippen MR) is 135 cm³/mol. The smallest absolute Gasteiger partial charge is 0.251 e. The van der Waals surface area contributed by atoms with E-state index in [-0.39, 0.29) is 5.91 Å². The quantitative estimate of drug-likeness (QED) is 0.336. The van der Waals surface area contributed by atoms with Gasteiger partial charge in [0.1, 0.15) is 23.9 Å². The minimum atomic E-state index is -0.0850. The maximum Gasteiger partial charge on any atom is 0.251 e. The van der Waals surface area contributed by atoms with Crippen LogP contribution in [0.5, 0.6) is 11.5 Å². The Balaban J connectivity index is 1.37. The Morgan fingerprint density at radius 3 is 2.44 bits per heavy atom. The summed E-state index contributed by atoms with van der Waals surface area (Å²) in [5.41, 5.74) is 4.99. The molecule has 0 bridgehead atoms. The zero-order valence-corrected chi connectivity index (χ0v) is 20.0. The number of ether oxygens (including phenoxy) is 2. The Morgan fingerprint density at radius 2 is 1.71 bits per heavy atom. The number of rotatable bonds is 10. The number of hydrogen-bond acceptors (Lipinski definition) is 4. The number of hydrogen-bond donors (Lipinski definition) is 1. The largest absolute Gasteiger partial charge is 0.497 e. The van der Waals surface area contributed by atoms with Gasteiger partial charge in [-0.1, -0.05) is 30.3 Å². The number of carbonyl (C=O) groups excluding carboxylic acids is 1. The molecular weight excluding hydrogens is 426 g/mol. The van der Waals surface area contributed by atoms with E-state index in [0.717, 1.165) is 52.3 Å². The fourth-order valence-corrected chi connectivity index (χ4v) is 4.12. The molecule has 34 heavy (non-hydrogen) atoms. The number of nitrogens with zero attached hydrogens (tertiary/aromatic N) is 2. The molecule has 1 amide bonds. The summed E-state index contributed by atoms with van der Waals surface area (Å²) in [5.74, 6) is 2.61. The molecule has 1 heterocycles. The summed E-state index contributed by atoms with van der Waals surface area (Å²) in [6.07, 6.45) is 1.56. The van der Waals surface area contributed by atoms with E-state index in [1.165, 1.54) is 0 Å². The van der Waals surface area contributed by atoms with E-state index >= 15 is 0 Å². The normalized spacial score (nSPS) is 10.9. The molecule has 0 atom stereocenters. The first-order valence-electron chi connectivity index (χ1n) is 11.6. The molecule has 0 saturated carbocycles. The van der Waals surface area contributed by atoms with Crippen molar-refractivity contribution >= 4 is 16.9 Å². The van der Waals surface area contributed by atoms with Crippen LogP contribution in [0.25, 0.3) is 11.0 Å². The second kappa shape index (κ2) is 10.9. The summed E-state index contributed by atoms with van der Waals surface area (Å²) in [6.45, 7) is 5.99. The van der Waals surface area contributed by atoms with Gasteiger partial charge < -0.3 is 19.4 Å². The predicted octanol–water partition coefficient (Wildman–Crippen LogP) is 5.10. The molecule has 0 radical (unpaired) electrons. The van der Waals surface area contributed by atoms with Crippen LogP contribution in [-0.4, -0.2) is 35.7 Å². The van der Waals surface area contributed by atoms with Crippen molar-refractivity contribution in [3.63, 3.8) is 0 Å². The van der Waals surface area contributed by atoms with Crippen LogP contribution in [0.2, 0.25) is 0 Å². The second-order valence-electron chi connectivity index (χ2n) is 8.33. The van der Waals surface area contributed by atoms with Gasteiger partial charge in [0.05, 0.1) is 24.7 Å². The van der Waals surface area contributed by atoms with Gasteiger partial charge in [0.25, 0.3) is 5.91 Å². The maximum atomic E-state index is 12.4. The van der Waals surface area contributed by atoms with E-state index in [9.17, 15) is 4.79 Å². The van der Waals surface area contributed by atoms with Crippen molar-refractivity contribution in [2.24, 2.45) is 0 Å². The van der Waals surface area contributed by atoms with Gasteiger partial charge in [0.15, 0.2) is 0 Å². The molecule has 0 fully saturated rings. The van der Waals surface area contributed by atoms with Crippen LogP contribution in [0.1, 0.15) is 33.7 Å². The molecule has 176 valence electrons. The van der Waals surface area contributed by atoms with Crippen molar-refractivity contribution in [2.75, 3.05) is 20.3 Å². The molecule has 0 unspecified atom stereocenters. The van der Waals surface area contributed by atoms with E-state index in [1.807, 2.05) is 24.3 Å². The first-order valence-corrected chi connectivity index (χ1v) is 11.6. The van der Waals surface area contributed by atoms with E-state index in [0.29, 0.717) is 25.3 Å². The first kappa shape index (κ1) is 23.4. The summed E-state index contributed by atoms with van der Waals surface area (Å²) in [6, 6.07) is 21.5. The van der Waals surface area contributed by atoms with Crippen molar-refractivity contribution in [3.05, 3.63) is 89.2 Å². The SMILES string of the molecule is COc1ccc(C(=O)NCCCc2nc3ccccc3n2CCOc2c(C)cccc2C)cc1. The van der Waals surface area contributed by atoms with Crippen molar-refractivity contribution in [1.29, 1.82) is 0 Å². The summed E-state index contributed by atoms with van der Waals surface area (Å²) in [4.78, 5) is 17.3. The molecule has 4 aromatic rings. The Morgan fingerprint density at radius 1 is 0.971 bits per heavy atom. The second-order valence-corrected chi connectivity index (χ2v) is 8.33. The molecule has 6 heteroatoms. The van der Waals surface area contributed by atoms with E-state index in [1.54, 1.807) is 31.4 Å². The van der Waals surface area contributed by atoms with Crippen molar-refractivity contribution in [3.8, 4) is 11.5 Å². The number of amides is 1. The van der Waals surface area contributed by atoms with E-state index in [2.05, 4.69) is 41.9 Å². The van der Waals surface area contributed by atoms with Crippen LogP contribution in [0.15, 0.2) is 66.7 Å². The Kier molecular flexibility index (Phi) is 7.48. The lowest BCUT2D eigenvalue weighted by molar-refractivity contribution is 0.0953. The molecule has 0 saturated heterocycles. The summed E-state index contributed by atoms with van der Waals surface area (Å²) < 4.78 is 13.5. The average Bonchev–Trinajstić information content (AvgIpc) is 3.21. The standard InChI is InChI=1S/C28H31N3O3/c1-20-8-6-9-21(2)27(20)34-19-18-31-25-11-5-4-10-24(25)30-26(31)12-7-17-29-28(32)22-13-15-23(33-3)16-14-22/h4-6,8-11,13-16H,7,12,17-19H2,1-3H3,(H,29,32). The minimum absolute atomic E-state index is 0.0850. The number of benzene rings is 3. The van der Waals surface area contributed by atoms with Crippen LogP contribution in [0.3, 0.4) is 0 Å². The van der Waals surface area contributed by atoms with Crippen molar-refractivity contribution in [2.45, 2.75) is 33.2 Å². The van der Waals surface area contributed by atoms with Gasteiger partial charge in [0.2, 0.25) is 0 Å². The third kappa shape index (κ3) is 5.39. The lowest BCUT2D eigenvalue weighted by atomic mass is 10.1. The number of nitrogens with one attached hydrogen (secondary N) is 1. The highest BCUT2D eigenvalue weighted by atomic mass is 16.5. The monoisotopic (exact) mass is 457 g/mol. The summed E-state index contributed by atoms with van der Waals surface area (Å²) in [7, 11) is 1.61. The zero-order chi connectivity index (χ0) is 23.9. The van der Waals surface area contributed by atoms with Gasteiger partial charge in [-0.05, 0) is 67.8 Å². The number of para-hydroxylation sites is 3. The molecule has 4 rings (SSSR count). The molecule has 0 spiro atoms. The third-order valence-corrected chi connectivity index (χ3v) is 5.92. The first-order chi connectivity index (χ1) is 16.6. The fraction of sp³-hybridized carbons (Fsp3) is 0.286. The number of fused-ring (bicyclic) bond motifs is 1. The number of aromatic nitrogens is 2. The highest BCUT2D eigenvalue weighted by Crippen LogP contribution is 2.23. The fourth-order valence-electron chi connectivity index (χ4n) is 4.12. The lowest BCUT2D eigenvalue weighted by Crippen LogP contribution is -2.25. The summed E-state index contributed by atoms with van der Waals surface area (Å²) in [5, 5.41) is 3.00. The molecule has 0 aliphatic rings. The van der Waals surface area contributed by atoms with Gasteiger partial charge in [-0.3, -0.25) is 4.79 Å². The van der Waals surface area contributed by atoms with Crippen LogP contribution >= 0.6 is 0 Å². The zero-order valence-electron chi connectivity index (χ0n) is 20.0. The number of methoxy groups -OCH3 is 1. The van der Waals surface area contributed by atoms with Gasteiger partial charge in [-0.25, -0.2) is 4.98 Å². The van der Waals surface area contributed by atoms with E-state index < -0.39 is 0 Å². The van der Waals surface area contributed by atoms with Crippen LogP contribution in [-0.2, 0) is 13.0 Å². The molecule has 6 nitrogen and oxygen atoms in total. The molecule has 1 aromatic heterocycles. The maximum absolute atomic E-state index is 12.4. The summed E-state index contributed by atoms with van der Waals surface area (Å²) >= 11 is 0.